The molecule has 3 heteroatoms. The molecule has 3 aliphatic carbocycles. The van der Waals surface area contributed by atoms with E-state index in [4.69, 9.17) is 0 Å². The lowest BCUT2D eigenvalue weighted by molar-refractivity contribution is -0.0417. The molecule has 3 saturated carbocycles. The van der Waals surface area contributed by atoms with Gasteiger partial charge in [0, 0.05) is 0 Å². The molecular formula is C21H38O3. The van der Waals surface area contributed by atoms with Crippen LogP contribution < -0.4 is 0 Å². The van der Waals surface area contributed by atoms with Gasteiger partial charge in [0.1, 0.15) is 0 Å². The fraction of sp³-hybridized carbons (Fsp3) is 1.00. The molecule has 3 aliphatic rings. The van der Waals surface area contributed by atoms with Crippen molar-refractivity contribution in [2.45, 2.75) is 102 Å². The molecule has 0 spiro atoms. The van der Waals surface area contributed by atoms with Crippen LogP contribution in [0.2, 0.25) is 0 Å². The van der Waals surface area contributed by atoms with Crippen LogP contribution in [0.25, 0.3) is 0 Å². The zero-order valence-electron chi connectivity index (χ0n) is 15.4. The largest absolute Gasteiger partial charge is 0.393 e. The molecule has 3 nitrogen and oxygen atoms in total. The van der Waals surface area contributed by atoms with E-state index >= 15 is 0 Å². The normalized spacial score (nSPS) is 47.5. The fourth-order valence-electron chi connectivity index (χ4n) is 5.89. The van der Waals surface area contributed by atoms with Crippen molar-refractivity contribution in [1.82, 2.24) is 0 Å². The SMILES string of the molecule is CC1CCCC(CC2CCCC(CC3CCCCC3O)C2O)C1O. The number of hydrogen-bond donors (Lipinski definition) is 3. The van der Waals surface area contributed by atoms with Crippen molar-refractivity contribution in [2.24, 2.45) is 29.6 Å². The number of hydrogen-bond acceptors (Lipinski definition) is 3. The zero-order valence-corrected chi connectivity index (χ0v) is 15.4. The molecule has 0 heterocycles. The Morgan fingerprint density at radius 2 is 1.08 bits per heavy atom. The first kappa shape index (κ1) is 18.7. The summed E-state index contributed by atoms with van der Waals surface area (Å²) in [5, 5.41) is 31.7. The van der Waals surface area contributed by atoms with Crippen LogP contribution in [0, 0.1) is 29.6 Å². The lowest BCUT2D eigenvalue weighted by Crippen LogP contribution is -2.40. The summed E-state index contributed by atoms with van der Waals surface area (Å²) >= 11 is 0. The summed E-state index contributed by atoms with van der Waals surface area (Å²) in [6.45, 7) is 2.17. The Balaban J connectivity index is 1.55. The minimum atomic E-state index is -0.225. The number of aliphatic hydroxyl groups excluding tert-OH is 3. The summed E-state index contributed by atoms with van der Waals surface area (Å²) in [4.78, 5) is 0. The lowest BCUT2D eigenvalue weighted by atomic mass is 9.67. The number of aliphatic hydroxyl groups is 3. The van der Waals surface area contributed by atoms with E-state index < -0.39 is 0 Å². The summed E-state index contributed by atoms with van der Waals surface area (Å²) in [5.74, 6) is 1.91. The van der Waals surface area contributed by atoms with Crippen molar-refractivity contribution in [3.63, 3.8) is 0 Å². The fourth-order valence-corrected chi connectivity index (χ4v) is 5.89. The van der Waals surface area contributed by atoms with Crippen molar-refractivity contribution >= 4 is 0 Å². The Morgan fingerprint density at radius 3 is 1.75 bits per heavy atom. The standard InChI is InChI=1S/C21H38O3/c1-14-6-4-8-16(20(14)23)13-18-10-5-9-17(21(18)24)12-15-7-2-3-11-19(15)22/h14-24H,2-13H2,1H3. The first-order chi connectivity index (χ1) is 11.6. The van der Waals surface area contributed by atoms with Crippen molar-refractivity contribution < 1.29 is 15.3 Å². The van der Waals surface area contributed by atoms with Crippen LogP contribution in [0.15, 0.2) is 0 Å². The van der Waals surface area contributed by atoms with Gasteiger partial charge in [-0.25, -0.2) is 0 Å². The smallest absolute Gasteiger partial charge is 0.0596 e. The molecule has 0 aliphatic heterocycles. The summed E-state index contributed by atoms with van der Waals surface area (Å²) in [6.07, 6.45) is 12.9. The van der Waals surface area contributed by atoms with E-state index in [1.807, 2.05) is 0 Å². The van der Waals surface area contributed by atoms with Crippen LogP contribution in [0.1, 0.15) is 84.0 Å². The first-order valence-corrected chi connectivity index (χ1v) is 10.6. The highest BCUT2D eigenvalue weighted by atomic mass is 16.3. The Morgan fingerprint density at radius 1 is 0.583 bits per heavy atom. The second-order valence-corrected chi connectivity index (χ2v) is 9.18. The molecular weight excluding hydrogens is 300 g/mol. The van der Waals surface area contributed by atoms with Gasteiger partial charge >= 0.3 is 0 Å². The quantitative estimate of drug-likeness (QED) is 0.729. The first-order valence-electron chi connectivity index (χ1n) is 10.6. The van der Waals surface area contributed by atoms with Gasteiger partial charge in [0.25, 0.3) is 0 Å². The summed E-state index contributed by atoms with van der Waals surface area (Å²) < 4.78 is 0. The van der Waals surface area contributed by atoms with Gasteiger partial charge < -0.3 is 15.3 Å². The van der Waals surface area contributed by atoms with E-state index in [0.29, 0.717) is 29.6 Å². The van der Waals surface area contributed by atoms with Crippen molar-refractivity contribution in [3.8, 4) is 0 Å². The van der Waals surface area contributed by atoms with Gasteiger partial charge in [-0.1, -0.05) is 32.6 Å². The molecule has 0 amide bonds. The minimum Gasteiger partial charge on any atom is -0.393 e. The highest BCUT2D eigenvalue weighted by Gasteiger charge is 2.38. The Labute approximate surface area is 147 Å². The molecule has 3 rings (SSSR count). The van der Waals surface area contributed by atoms with E-state index in [1.54, 1.807) is 0 Å². The third-order valence-corrected chi connectivity index (χ3v) is 7.50. The highest BCUT2D eigenvalue weighted by Crippen LogP contribution is 2.42. The van der Waals surface area contributed by atoms with Crippen molar-refractivity contribution in [3.05, 3.63) is 0 Å². The van der Waals surface area contributed by atoms with Crippen LogP contribution in [0.5, 0.6) is 0 Å². The average molecular weight is 339 g/mol. The van der Waals surface area contributed by atoms with E-state index in [9.17, 15) is 15.3 Å². The molecule has 0 aromatic rings. The Hall–Kier alpha value is -0.120. The van der Waals surface area contributed by atoms with Gasteiger partial charge in [0.2, 0.25) is 0 Å². The second kappa shape index (κ2) is 8.51. The third kappa shape index (κ3) is 4.34. The van der Waals surface area contributed by atoms with Gasteiger partial charge in [-0.3, -0.25) is 0 Å². The zero-order chi connectivity index (χ0) is 17.1. The average Bonchev–Trinajstić information content (AvgIpc) is 2.57. The van der Waals surface area contributed by atoms with Crippen LogP contribution >= 0.6 is 0 Å². The van der Waals surface area contributed by atoms with Gasteiger partial charge in [-0.05, 0) is 81.0 Å². The predicted octanol–water partition coefficient (Wildman–Crippen LogP) is 3.89. The lowest BCUT2D eigenvalue weighted by Gasteiger charge is -2.41. The van der Waals surface area contributed by atoms with Gasteiger partial charge in [0.05, 0.1) is 18.3 Å². The van der Waals surface area contributed by atoms with Crippen molar-refractivity contribution in [1.29, 1.82) is 0 Å². The van der Waals surface area contributed by atoms with Gasteiger partial charge in [0.15, 0.2) is 0 Å². The van der Waals surface area contributed by atoms with Crippen LogP contribution in [-0.2, 0) is 0 Å². The maximum atomic E-state index is 11.0. The summed E-state index contributed by atoms with van der Waals surface area (Å²) in [6, 6.07) is 0. The maximum Gasteiger partial charge on any atom is 0.0596 e. The van der Waals surface area contributed by atoms with Crippen LogP contribution in [-0.4, -0.2) is 33.6 Å². The molecule has 3 N–H and O–H groups in total. The Bertz CT molecular complexity index is 385. The monoisotopic (exact) mass is 338 g/mol. The molecule has 3 fully saturated rings. The molecule has 8 atom stereocenters. The topological polar surface area (TPSA) is 60.7 Å². The summed E-state index contributed by atoms with van der Waals surface area (Å²) in [7, 11) is 0. The van der Waals surface area contributed by atoms with Crippen LogP contribution in [0.4, 0.5) is 0 Å². The van der Waals surface area contributed by atoms with Gasteiger partial charge in [-0.2, -0.15) is 0 Å². The molecule has 8 unspecified atom stereocenters. The highest BCUT2D eigenvalue weighted by molar-refractivity contribution is 4.89. The molecule has 0 radical (unpaired) electrons. The molecule has 0 aromatic carbocycles. The van der Waals surface area contributed by atoms with Crippen molar-refractivity contribution in [2.75, 3.05) is 0 Å². The molecule has 0 aromatic heterocycles. The third-order valence-electron chi connectivity index (χ3n) is 7.50. The number of rotatable bonds is 4. The molecule has 24 heavy (non-hydrogen) atoms. The van der Waals surface area contributed by atoms with E-state index in [2.05, 4.69) is 6.92 Å². The predicted molar refractivity (Wildman–Crippen MR) is 96.5 cm³/mol. The maximum absolute atomic E-state index is 11.0. The van der Waals surface area contributed by atoms with E-state index in [0.717, 1.165) is 57.8 Å². The second-order valence-electron chi connectivity index (χ2n) is 9.18. The minimum absolute atomic E-state index is 0.146. The van der Waals surface area contributed by atoms with Crippen LogP contribution in [0.3, 0.4) is 0 Å². The van der Waals surface area contributed by atoms with Gasteiger partial charge in [-0.15, -0.1) is 0 Å². The Kier molecular flexibility index (Phi) is 6.62. The summed E-state index contributed by atoms with van der Waals surface area (Å²) in [5.41, 5.74) is 0. The van der Waals surface area contributed by atoms with E-state index in [1.165, 1.54) is 19.3 Å². The molecule has 0 bridgehead atoms. The molecule has 0 saturated heterocycles. The van der Waals surface area contributed by atoms with E-state index in [-0.39, 0.29) is 18.3 Å². The molecule has 140 valence electrons.